The van der Waals surface area contributed by atoms with E-state index in [0.29, 0.717) is 17.1 Å². The number of alkyl halides is 2. The maximum absolute atomic E-state index is 13.0. The number of carbonyl (C=O) groups is 1. The summed E-state index contributed by atoms with van der Waals surface area (Å²) in [5.41, 5.74) is 1.33. The Morgan fingerprint density at radius 3 is 2.50 bits per heavy atom. The average Bonchev–Trinajstić information content (AvgIpc) is 3.01. The lowest BCUT2D eigenvalue weighted by molar-refractivity contribution is -0.286. The van der Waals surface area contributed by atoms with E-state index in [-0.39, 0.29) is 23.5 Å². The fraction of sp³-hybridized carbons (Fsp3) is 0.125. The first-order valence-corrected chi connectivity index (χ1v) is 6.97. The van der Waals surface area contributed by atoms with Gasteiger partial charge in [-0.3, -0.25) is 4.79 Å². The Bertz CT molecular complexity index is 879. The molecule has 2 aromatic carbocycles. The third-order valence-electron chi connectivity index (χ3n) is 3.58. The summed E-state index contributed by atoms with van der Waals surface area (Å²) in [5, 5.41) is 2.61. The minimum Gasteiger partial charge on any atom is -0.395 e. The summed E-state index contributed by atoms with van der Waals surface area (Å²) >= 11 is 0. The van der Waals surface area contributed by atoms with Gasteiger partial charge in [0.15, 0.2) is 11.5 Å². The van der Waals surface area contributed by atoms with Crippen LogP contribution in [0.4, 0.5) is 18.9 Å². The first-order valence-electron chi connectivity index (χ1n) is 6.97. The maximum Gasteiger partial charge on any atom is 0.586 e. The van der Waals surface area contributed by atoms with Crippen LogP contribution in [0.3, 0.4) is 0 Å². The molecule has 2 heterocycles. The molecule has 24 heavy (non-hydrogen) atoms. The Labute approximate surface area is 133 Å². The van der Waals surface area contributed by atoms with Crippen molar-refractivity contribution in [3.8, 4) is 11.5 Å². The highest BCUT2D eigenvalue weighted by molar-refractivity contribution is 6.09. The van der Waals surface area contributed by atoms with Crippen LogP contribution in [-0.4, -0.2) is 18.0 Å². The normalized spacial score (nSPS) is 16.5. The number of hydrogen-bond donors (Lipinski definition) is 1. The average molecular weight is 334 g/mol. The second-order valence-electron chi connectivity index (χ2n) is 5.29. The van der Waals surface area contributed by atoms with Gasteiger partial charge in [0.2, 0.25) is 0 Å². The van der Waals surface area contributed by atoms with E-state index >= 15 is 0 Å². The van der Waals surface area contributed by atoms with E-state index in [2.05, 4.69) is 19.8 Å². The highest BCUT2D eigenvalue weighted by Gasteiger charge is 2.44. The van der Waals surface area contributed by atoms with Crippen LogP contribution in [0.2, 0.25) is 0 Å². The number of fused-ring (bicyclic) bond motifs is 2. The van der Waals surface area contributed by atoms with Gasteiger partial charge in [0.1, 0.15) is 11.7 Å². The molecule has 0 unspecified atom stereocenters. The minimum atomic E-state index is -3.68. The molecule has 122 valence electrons. The lowest BCUT2D eigenvalue weighted by Crippen LogP contribution is -2.30. The van der Waals surface area contributed by atoms with Gasteiger partial charge in [-0.15, -0.1) is 8.78 Å². The zero-order valence-corrected chi connectivity index (χ0v) is 12.0. The molecule has 0 aromatic heterocycles. The standard InChI is InChI=1S/C16H9F3N2O3/c17-10-3-1-8(2-4-10)15(22)21-14-6-9-5-12-13(7-11(9)20-14)24-16(18,19)23-12/h1-5,7H,6H2,(H,20,21,22). The number of amides is 1. The van der Waals surface area contributed by atoms with Crippen LogP contribution in [0.5, 0.6) is 11.5 Å². The molecule has 0 atom stereocenters. The second kappa shape index (κ2) is 4.98. The number of hydrogen-bond acceptors (Lipinski definition) is 4. The zero-order chi connectivity index (χ0) is 16.9. The van der Waals surface area contributed by atoms with Crippen molar-refractivity contribution >= 4 is 17.4 Å². The van der Waals surface area contributed by atoms with Gasteiger partial charge in [-0.25, -0.2) is 9.38 Å². The number of rotatable bonds is 1. The molecule has 1 N–H and O–H groups in total. The van der Waals surface area contributed by atoms with Crippen LogP contribution in [0.1, 0.15) is 15.9 Å². The summed E-state index contributed by atoms with van der Waals surface area (Å²) in [5.74, 6) is -0.694. The van der Waals surface area contributed by atoms with Gasteiger partial charge in [-0.2, -0.15) is 0 Å². The van der Waals surface area contributed by atoms with Crippen molar-refractivity contribution in [2.45, 2.75) is 12.7 Å². The van der Waals surface area contributed by atoms with E-state index in [1.54, 1.807) is 0 Å². The Balaban J connectivity index is 1.52. The Morgan fingerprint density at radius 2 is 1.79 bits per heavy atom. The number of ether oxygens (including phenoxy) is 2. The van der Waals surface area contributed by atoms with E-state index in [1.165, 1.54) is 36.4 Å². The molecule has 0 saturated heterocycles. The van der Waals surface area contributed by atoms with E-state index < -0.39 is 18.0 Å². The van der Waals surface area contributed by atoms with E-state index in [4.69, 9.17) is 0 Å². The Hall–Kier alpha value is -3.03. The number of nitrogens with one attached hydrogen (secondary N) is 1. The van der Waals surface area contributed by atoms with Crippen LogP contribution in [-0.2, 0) is 6.42 Å². The quantitative estimate of drug-likeness (QED) is 0.871. The molecule has 1 amide bonds. The molecule has 2 aliphatic heterocycles. The second-order valence-corrected chi connectivity index (χ2v) is 5.29. The molecule has 2 aliphatic rings. The summed E-state index contributed by atoms with van der Waals surface area (Å²) in [4.78, 5) is 16.3. The molecule has 0 saturated carbocycles. The van der Waals surface area contributed by atoms with Crippen molar-refractivity contribution < 1.29 is 27.4 Å². The fourth-order valence-corrected chi connectivity index (χ4v) is 2.52. The summed E-state index contributed by atoms with van der Waals surface area (Å²) in [6, 6.07) is 7.81. The maximum atomic E-state index is 13.0. The molecule has 0 spiro atoms. The van der Waals surface area contributed by atoms with Crippen LogP contribution >= 0.6 is 0 Å². The van der Waals surface area contributed by atoms with E-state index in [9.17, 15) is 18.0 Å². The number of nitrogens with zero attached hydrogens (tertiary/aromatic N) is 1. The number of amidine groups is 1. The third-order valence-corrected chi connectivity index (χ3v) is 3.58. The largest absolute Gasteiger partial charge is 0.586 e. The summed E-state index contributed by atoms with van der Waals surface area (Å²) in [6.07, 6.45) is -3.43. The Morgan fingerprint density at radius 1 is 1.12 bits per heavy atom. The van der Waals surface area contributed by atoms with Crippen LogP contribution < -0.4 is 14.8 Å². The number of aliphatic imine (C=N–C) groups is 1. The SMILES string of the molecule is O=C(NC1=Nc2cc3c(cc2C1)OC(F)(F)O3)c1ccc(F)cc1. The molecule has 2 aromatic rings. The van der Waals surface area contributed by atoms with Crippen molar-refractivity contribution in [2.24, 2.45) is 4.99 Å². The topological polar surface area (TPSA) is 59.9 Å². The van der Waals surface area contributed by atoms with Crippen molar-refractivity contribution in [3.63, 3.8) is 0 Å². The molecule has 0 bridgehead atoms. The lowest BCUT2D eigenvalue weighted by atomic mass is 10.1. The van der Waals surface area contributed by atoms with Crippen molar-refractivity contribution in [1.29, 1.82) is 0 Å². The highest BCUT2D eigenvalue weighted by atomic mass is 19.3. The van der Waals surface area contributed by atoms with Gasteiger partial charge in [-0.1, -0.05) is 0 Å². The fourth-order valence-electron chi connectivity index (χ4n) is 2.52. The van der Waals surface area contributed by atoms with Gasteiger partial charge >= 0.3 is 6.29 Å². The summed E-state index contributed by atoms with van der Waals surface area (Å²) in [6.45, 7) is 0. The first-order chi connectivity index (χ1) is 11.4. The predicted octanol–water partition coefficient (Wildman–Crippen LogP) is 3.16. The minimum absolute atomic E-state index is 0.0694. The molecular weight excluding hydrogens is 325 g/mol. The van der Waals surface area contributed by atoms with Crippen LogP contribution in [0.25, 0.3) is 0 Å². The summed E-state index contributed by atoms with van der Waals surface area (Å²) < 4.78 is 47.7. The van der Waals surface area contributed by atoms with Gasteiger partial charge in [0, 0.05) is 18.1 Å². The molecule has 4 rings (SSSR count). The molecule has 0 aliphatic carbocycles. The smallest absolute Gasteiger partial charge is 0.395 e. The van der Waals surface area contributed by atoms with Crippen molar-refractivity contribution in [1.82, 2.24) is 5.32 Å². The number of carbonyl (C=O) groups excluding carboxylic acids is 1. The summed E-state index contributed by atoms with van der Waals surface area (Å²) in [7, 11) is 0. The van der Waals surface area contributed by atoms with E-state index in [1.807, 2.05) is 0 Å². The first kappa shape index (κ1) is 14.6. The van der Waals surface area contributed by atoms with Gasteiger partial charge in [0.05, 0.1) is 5.69 Å². The monoisotopic (exact) mass is 334 g/mol. The Kier molecular flexibility index (Phi) is 3.02. The van der Waals surface area contributed by atoms with Gasteiger partial charge in [-0.05, 0) is 35.9 Å². The number of benzene rings is 2. The third kappa shape index (κ3) is 2.55. The van der Waals surface area contributed by atoms with Crippen molar-refractivity contribution in [3.05, 3.63) is 53.3 Å². The van der Waals surface area contributed by atoms with Crippen molar-refractivity contribution in [2.75, 3.05) is 0 Å². The zero-order valence-electron chi connectivity index (χ0n) is 12.0. The lowest BCUT2D eigenvalue weighted by Gasteiger charge is -2.05. The predicted molar refractivity (Wildman–Crippen MR) is 77.3 cm³/mol. The van der Waals surface area contributed by atoms with E-state index in [0.717, 1.165) is 0 Å². The molecule has 5 nitrogen and oxygen atoms in total. The van der Waals surface area contributed by atoms with Crippen LogP contribution in [0.15, 0.2) is 41.4 Å². The van der Waals surface area contributed by atoms with Crippen LogP contribution in [0, 0.1) is 5.82 Å². The number of halogens is 3. The highest BCUT2D eigenvalue weighted by Crippen LogP contribution is 2.45. The molecule has 0 fully saturated rings. The van der Waals surface area contributed by atoms with Gasteiger partial charge < -0.3 is 14.8 Å². The molecule has 8 heteroatoms. The molecule has 0 radical (unpaired) electrons. The van der Waals surface area contributed by atoms with Gasteiger partial charge in [0.25, 0.3) is 5.91 Å². The molecular formula is C16H9F3N2O3.